The minimum Gasteiger partial charge on any atom is -0.312 e. The molecule has 94 valence electrons. The highest BCUT2D eigenvalue weighted by Gasteiger charge is 2.24. The molecule has 1 heterocycles. The molecule has 2 rings (SSSR count). The van der Waals surface area contributed by atoms with E-state index in [1.165, 1.54) is 24.0 Å². The first-order valence-corrected chi connectivity index (χ1v) is 6.92. The van der Waals surface area contributed by atoms with Crippen LogP contribution in [0.15, 0.2) is 24.3 Å². The number of hydrogen-bond donors (Lipinski definition) is 1. The predicted molar refractivity (Wildman–Crippen MR) is 74.6 cm³/mol. The standard InChI is InChI=1S/C16H25N/c1-11(2)14-5-7-15(8-6-14)16-9-12(3)17-13(4)10-16/h5-8,11-13,16-17H,9-10H2,1-4H3/t12-,13+,16?. The highest BCUT2D eigenvalue weighted by Crippen LogP contribution is 2.30. The van der Waals surface area contributed by atoms with E-state index in [4.69, 9.17) is 0 Å². The Morgan fingerprint density at radius 1 is 1.00 bits per heavy atom. The van der Waals surface area contributed by atoms with Gasteiger partial charge >= 0.3 is 0 Å². The average molecular weight is 231 g/mol. The minimum absolute atomic E-state index is 0.634. The first kappa shape index (κ1) is 12.6. The van der Waals surface area contributed by atoms with Crippen LogP contribution < -0.4 is 5.32 Å². The van der Waals surface area contributed by atoms with Crippen molar-refractivity contribution in [2.24, 2.45) is 0 Å². The number of piperidine rings is 1. The molecule has 0 aromatic heterocycles. The molecule has 17 heavy (non-hydrogen) atoms. The fourth-order valence-corrected chi connectivity index (χ4v) is 3.00. The molecule has 0 saturated carbocycles. The number of nitrogens with one attached hydrogen (secondary N) is 1. The Kier molecular flexibility index (Phi) is 3.88. The predicted octanol–water partition coefficient (Wildman–Crippen LogP) is 4.05. The molecule has 0 aliphatic carbocycles. The van der Waals surface area contributed by atoms with Crippen LogP contribution in [0, 0.1) is 0 Å². The van der Waals surface area contributed by atoms with Gasteiger partial charge in [0.2, 0.25) is 0 Å². The van der Waals surface area contributed by atoms with E-state index in [9.17, 15) is 0 Å². The normalized spacial score (nSPS) is 29.6. The molecule has 0 bridgehead atoms. The topological polar surface area (TPSA) is 12.0 Å². The van der Waals surface area contributed by atoms with E-state index in [-0.39, 0.29) is 0 Å². The first-order chi connectivity index (χ1) is 8.06. The quantitative estimate of drug-likeness (QED) is 0.809. The Balaban J connectivity index is 2.11. The molecule has 1 nitrogen and oxygen atoms in total. The summed E-state index contributed by atoms with van der Waals surface area (Å²) in [6.07, 6.45) is 2.54. The maximum absolute atomic E-state index is 3.61. The van der Waals surface area contributed by atoms with Gasteiger partial charge in [-0.15, -0.1) is 0 Å². The summed E-state index contributed by atoms with van der Waals surface area (Å²) in [5.74, 6) is 1.37. The van der Waals surface area contributed by atoms with E-state index >= 15 is 0 Å². The summed E-state index contributed by atoms with van der Waals surface area (Å²) in [5, 5.41) is 3.61. The van der Waals surface area contributed by atoms with Gasteiger partial charge in [0, 0.05) is 12.1 Å². The lowest BCUT2D eigenvalue weighted by atomic mass is 9.83. The fourth-order valence-electron chi connectivity index (χ4n) is 3.00. The zero-order valence-corrected chi connectivity index (χ0v) is 11.5. The van der Waals surface area contributed by atoms with E-state index in [0.717, 1.165) is 5.92 Å². The van der Waals surface area contributed by atoms with Gasteiger partial charge in [0.05, 0.1) is 0 Å². The summed E-state index contributed by atoms with van der Waals surface area (Å²) < 4.78 is 0. The molecule has 0 radical (unpaired) electrons. The van der Waals surface area contributed by atoms with Gasteiger partial charge in [-0.2, -0.15) is 0 Å². The molecule has 1 fully saturated rings. The smallest absolute Gasteiger partial charge is 0.00470 e. The van der Waals surface area contributed by atoms with E-state index in [2.05, 4.69) is 57.3 Å². The lowest BCUT2D eigenvalue weighted by Gasteiger charge is -2.33. The van der Waals surface area contributed by atoms with Gasteiger partial charge in [-0.25, -0.2) is 0 Å². The Bertz CT molecular complexity index is 342. The molecule has 1 aromatic rings. The van der Waals surface area contributed by atoms with E-state index in [0.29, 0.717) is 18.0 Å². The third-order valence-corrected chi connectivity index (χ3v) is 3.92. The third kappa shape index (κ3) is 3.10. The average Bonchev–Trinajstić information content (AvgIpc) is 2.28. The molecule has 3 atom stereocenters. The molecule has 1 heteroatoms. The van der Waals surface area contributed by atoms with Gasteiger partial charge in [-0.3, -0.25) is 0 Å². The van der Waals surface area contributed by atoms with E-state index < -0.39 is 0 Å². The molecule has 0 spiro atoms. The van der Waals surface area contributed by atoms with Gasteiger partial charge in [-0.1, -0.05) is 38.1 Å². The van der Waals surface area contributed by atoms with Crippen molar-refractivity contribution in [3.8, 4) is 0 Å². The van der Waals surface area contributed by atoms with Crippen LogP contribution in [0.3, 0.4) is 0 Å². The van der Waals surface area contributed by atoms with Crippen LogP contribution in [0.2, 0.25) is 0 Å². The van der Waals surface area contributed by atoms with Crippen LogP contribution in [0.1, 0.15) is 63.5 Å². The van der Waals surface area contributed by atoms with Gasteiger partial charge in [0.1, 0.15) is 0 Å². The Hall–Kier alpha value is -0.820. The zero-order chi connectivity index (χ0) is 12.4. The van der Waals surface area contributed by atoms with E-state index in [1.807, 2.05) is 0 Å². The minimum atomic E-state index is 0.634. The Morgan fingerprint density at radius 3 is 2.00 bits per heavy atom. The summed E-state index contributed by atoms with van der Waals surface area (Å²) in [5.41, 5.74) is 2.97. The van der Waals surface area contributed by atoms with Crippen molar-refractivity contribution in [2.75, 3.05) is 0 Å². The Labute approximate surface area is 106 Å². The van der Waals surface area contributed by atoms with Crippen molar-refractivity contribution in [3.63, 3.8) is 0 Å². The number of hydrogen-bond acceptors (Lipinski definition) is 1. The summed E-state index contributed by atoms with van der Waals surface area (Å²) >= 11 is 0. The van der Waals surface area contributed by atoms with Gasteiger partial charge in [0.25, 0.3) is 0 Å². The molecule has 1 aliphatic rings. The van der Waals surface area contributed by atoms with Crippen LogP contribution in [0.5, 0.6) is 0 Å². The van der Waals surface area contributed by atoms with Crippen molar-refractivity contribution in [2.45, 2.75) is 64.5 Å². The zero-order valence-electron chi connectivity index (χ0n) is 11.5. The second-order valence-corrected chi connectivity index (χ2v) is 5.96. The summed E-state index contributed by atoms with van der Waals surface area (Å²) in [7, 11) is 0. The van der Waals surface area contributed by atoms with Gasteiger partial charge in [0.15, 0.2) is 0 Å². The highest BCUT2D eigenvalue weighted by atomic mass is 14.9. The second-order valence-electron chi connectivity index (χ2n) is 5.96. The summed E-state index contributed by atoms with van der Waals surface area (Å²) in [6, 6.07) is 10.6. The second kappa shape index (κ2) is 5.22. The van der Waals surface area contributed by atoms with Crippen LogP contribution in [-0.2, 0) is 0 Å². The lowest BCUT2D eigenvalue weighted by Crippen LogP contribution is -2.41. The largest absolute Gasteiger partial charge is 0.312 e. The maximum Gasteiger partial charge on any atom is 0.00470 e. The third-order valence-electron chi connectivity index (χ3n) is 3.92. The maximum atomic E-state index is 3.61. The monoisotopic (exact) mass is 231 g/mol. The molecular formula is C16H25N. The number of benzene rings is 1. The molecule has 1 N–H and O–H groups in total. The molecule has 1 aromatic carbocycles. The van der Waals surface area contributed by atoms with Crippen LogP contribution in [0.4, 0.5) is 0 Å². The van der Waals surface area contributed by atoms with Crippen molar-refractivity contribution >= 4 is 0 Å². The molecular weight excluding hydrogens is 206 g/mol. The molecule has 1 unspecified atom stereocenters. The lowest BCUT2D eigenvalue weighted by molar-refractivity contribution is 0.317. The first-order valence-electron chi connectivity index (χ1n) is 6.92. The molecule has 0 amide bonds. The highest BCUT2D eigenvalue weighted by molar-refractivity contribution is 5.27. The van der Waals surface area contributed by atoms with Crippen molar-refractivity contribution in [1.29, 1.82) is 0 Å². The van der Waals surface area contributed by atoms with Crippen LogP contribution in [0.25, 0.3) is 0 Å². The van der Waals surface area contributed by atoms with Crippen molar-refractivity contribution in [1.82, 2.24) is 5.32 Å². The van der Waals surface area contributed by atoms with E-state index in [1.54, 1.807) is 0 Å². The summed E-state index contributed by atoms with van der Waals surface area (Å²) in [4.78, 5) is 0. The molecule has 1 saturated heterocycles. The van der Waals surface area contributed by atoms with Crippen molar-refractivity contribution < 1.29 is 0 Å². The number of rotatable bonds is 2. The van der Waals surface area contributed by atoms with Gasteiger partial charge < -0.3 is 5.32 Å². The fraction of sp³-hybridized carbons (Fsp3) is 0.625. The van der Waals surface area contributed by atoms with Crippen LogP contribution >= 0.6 is 0 Å². The van der Waals surface area contributed by atoms with Crippen LogP contribution in [-0.4, -0.2) is 12.1 Å². The SMILES string of the molecule is CC(C)c1ccc(C2C[C@@H](C)N[C@@H](C)C2)cc1. The van der Waals surface area contributed by atoms with Gasteiger partial charge in [-0.05, 0) is 49.7 Å². The summed E-state index contributed by atoms with van der Waals surface area (Å²) in [6.45, 7) is 9.10. The Morgan fingerprint density at radius 2 is 1.53 bits per heavy atom. The molecule has 1 aliphatic heterocycles. The van der Waals surface area contributed by atoms with Crippen molar-refractivity contribution in [3.05, 3.63) is 35.4 Å².